The van der Waals surface area contributed by atoms with Gasteiger partial charge in [-0.15, -0.1) is 11.8 Å². The third kappa shape index (κ3) is 3.36. The van der Waals surface area contributed by atoms with E-state index in [1.54, 1.807) is 23.9 Å². The summed E-state index contributed by atoms with van der Waals surface area (Å²) in [6.45, 7) is 0. The van der Waals surface area contributed by atoms with Gasteiger partial charge in [-0.05, 0) is 36.3 Å². The van der Waals surface area contributed by atoms with Crippen molar-refractivity contribution in [2.45, 2.75) is 17.4 Å². The second-order valence-electron chi connectivity index (χ2n) is 4.13. The summed E-state index contributed by atoms with van der Waals surface area (Å²) < 4.78 is 16.7. The van der Waals surface area contributed by atoms with E-state index >= 15 is 0 Å². The van der Waals surface area contributed by atoms with E-state index in [4.69, 9.17) is 0 Å². The van der Waals surface area contributed by atoms with Gasteiger partial charge < -0.3 is 4.74 Å². The molecular weight excluding hydrogens is 268 g/mol. The quantitative estimate of drug-likeness (QED) is 0.798. The molecule has 18 heavy (non-hydrogen) atoms. The van der Waals surface area contributed by atoms with Gasteiger partial charge in [0.2, 0.25) is 0 Å². The smallest absolute Gasteiger partial charge is 0.337 e. The third-order valence-electron chi connectivity index (χ3n) is 2.86. The standard InChI is InChI=1S/C13H16O3S2/c1-16-13(14)11-5-3-10(4-6-11)9-12-17-7-2-8-18(12)15/h3-6,12H,2,7-9H2,1H3. The second-order valence-corrected chi connectivity index (χ2v) is 7.48. The number of benzene rings is 1. The van der Waals surface area contributed by atoms with Crippen molar-refractivity contribution >= 4 is 28.5 Å². The first-order chi connectivity index (χ1) is 8.70. The first-order valence-electron chi connectivity index (χ1n) is 5.87. The predicted octanol–water partition coefficient (Wildman–Crippen LogP) is 2.23. The second kappa shape index (κ2) is 6.38. The number of methoxy groups -OCH3 is 1. The summed E-state index contributed by atoms with van der Waals surface area (Å²) in [6, 6.07) is 7.35. The van der Waals surface area contributed by atoms with Crippen molar-refractivity contribution in [1.29, 1.82) is 0 Å². The lowest BCUT2D eigenvalue weighted by Crippen LogP contribution is -2.22. The molecule has 1 fully saturated rings. The molecule has 0 aliphatic carbocycles. The topological polar surface area (TPSA) is 43.4 Å². The third-order valence-corrected chi connectivity index (χ3v) is 6.42. The van der Waals surface area contributed by atoms with Crippen LogP contribution in [0.15, 0.2) is 24.3 Å². The Balaban J connectivity index is 2.01. The molecule has 98 valence electrons. The molecule has 0 saturated carbocycles. The Morgan fingerprint density at radius 3 is 2.78 bits per heavy atom. The molecule has 1 aromatic carbocycles. The zero-order valence-electron chi connectivity index (χ0n) is 10.3. The highest BCUT2D eigenvalue weighted by atomic mass is 32.2. The highest BCUT2D eigenvalue weighted by Gasteiger charge is 2.21. The average molecular weight is 284 g/mol. The molecular formula is C13H16O3S2. The normalized spacial score (nSPS) is 23.6. The Morgan fingerprint density at radius 1 is 1.44 bits per heavy atom. The van der Waals surface area contributed by atoms with Gasteiger partial charge >= 0.3 is 5.97 Å². The fourth-order valence-electron chi connectivity index (χ4n) is 1.86. The van der Waals surface area contributed by atoms with Crippen LogP contribution in [0.5, 0.6) is 0 Å². The molecule has 0 aromatic heterocycles. The number of hydrogen-bond acceptors (Lipinski definition) is 4. The average Bonchev–Trinajstić information content (AvgIpc) is 2.41. The van der Waals surface area contributed by atoms with E-state index in [1.807, 2.05) is 12.1 Å². The summed E-state index contributed by atoms with van der Waals surface area (Å²) in [7, 11) is 0.650. The van der Waals surface area contributed by atoms with Crippen LogP contribution in [0.25, 0.3) is 0 Å². The maximum atomic E-state index is 11.8. The molecule has 2 rings (SSSR count). The van der Waals surface area contributed by atoms with Gasteiger partial charge in [-0.25, -0.2) is 4.79 Å². The molecule has 0 amide bonds. The summed E-state index contributed by atoms with van der Waals surface area (Å²) in [5.74, 6) is 1.59. The molecule has 1 aliphatic rings. The zero-order valence-corrected chi connectivity index (χ0v) is 11.9. The maximum Gasteiger partial charge on any atom is 0.337 e. The van der Waals surface area contributed by atoms with E-state index in [2.05, 4.69) is 4.74 Å². The van der Waals surface area contributed by atoms with Gasteiger partial charge in [-0.3, -0.25) is 4.21 Å². The lowest BCUT2D eigenvalue weighted by atomic mass is 10.1. The van der Waals surface area contributed by atoms with Crippen molar-refractivity contribution in [3.63, 3.8) is 0 Å². The highest BCUT2D eigenvalue weighted by molar-refractivity contribution is 8.11. The molecule has 2 unspecified atom stereocenters. The zero-order chi connectivity index (χ0) is 13.0. The maximum absolute atomic E-state index is 11.8. The van der Waals surface area contributed by atoms with Crippen molar-refractivity contribution in [1.82, 2.24) is 0 Å². The van der Waals surface area contributed by atoms with Gasteiger partial charge in [0.15, 0.2) is 0 Å². The monoisotopic (exact) mass is 284 g/mol. The minimum absolute atomic E-state index is 0.197. The molecule has 0 bridgehead atoms. The van der Waals surface area contributed by atoms with Crippen molar-refractivity contribution in [3.05, 3.63) is 35.4 Å². The van der Waals surface area contributed by atoms with Crippen LogP contribution in [0.1, 0.15) is 22.3 Å². The number of esters is 1. The van der Waals surface area contributed by atoms with Crippen molar-refractivity contribution in [2.24, 2.45) is 0 Å². The van der Waals surface area contributed by atoms with Crippen LogP contribution in [0, 0.1) is 0 Å². The van der Waals surface area contributed by atoms with Crippen LogP contribution >= 0.6 is 11.8 Å². The van der Waals surface area contributed by atoms with Crippen LogP contribution in [0.3, 0.4) is 0 Å². The molecule has 1 saturated heterocycles. The Hall–Kier alpha value is -0.810. The Morgan fingerprint density at radius 2 is 2.17 bits per heavy atom. The molecule has 5 heteroatoms. The fourth-order valence-corrected chi connectivity index (χ4v) is 5.18. The van der Waals surface area contributed by atoms with Gasteiger partial charge in [0.05, 0.1) is 17.3 Å². The minimum Gasteiger partial charge on any atom is -0.465 e. The molecule has 0 radical (unpaired) electrons. The molecule has 3 nitrogen and oxygen atoms in total. The molecule has 1 aromatic rings. The van der Waals surface area contributed by atoms with E-state index in [-0.39, 0.29) is 10.6 Å². The van der Waals surface area contributed by atoms with E-state index in [9.17, 15) is 9.00 Å². The van der Waals surface area contributed by atoms with Crippen LogP contribution in [-0.2, 0) is 22.0 Å². The van der Waals surface area contributed by atoms with Crippen molar-refractivity contribution < 1.29 is 13.7 Å². The van der Waals surface area contributed by atoms with Crippen molar-refractivity contribution in [2.75, 3.05) is 18.6 Å². The van der Waals surface area contributed by atoms with Crippen molar-refractivity contribution in [3.8, 4) is 0 Å². The first kappa shape index (κ1) is 13.6. The van der Waals surface area contributed by atoms with Gasteiger partial charge in [0.1, 0.15) is 0 Å². The van der Waals surface area contributed by atoms with Crippen LogP contribution in [0.4, 0.5) is 0 Å². The number of hydrogen-bond donors (Lipinski definition) is 0. The lowest BCUT2D eigenvalue weighted by Gasteiger charge is -2.20. The van der Waals surface area contributed by atoms with Gasteiger partial charge in [0, 0.05) is 16.6 Å². The summed E-state index contributed by atoms with van der Waals surface area (Å²) in [5.41, 5.74) is 1.68. The number of rotatable bonds is 3. The summed E-state index contributed by atoms with van der Waals surface area (Å²) in [4.78, 5) is 11.3. The van der Waals surface area contributed by atoms with Gasteiger partial charge in [0.25, 0.3) is 0 Å². The van der Waals surface area contributed by atoms with Crippen LogP contribution in [0.2, 0.25) is 0 Å². The minimum atomic E-state index is -0.723. The molecule has 0 spiro atoms. The van der Waals surface area contributed by atoms with E-state index in [0.717, 1.165) is 29.9 Å². The van der Waals surface area contributed by atoms with Crippen LogP contribution in [-0.4, -0.2) is 33.4 Å². The van der Waals surface area contributed by atoms with Gasteiger partial charge in [-0.1, -0.05) is 12.1 Å². The number of carbonyl (C=O) groups excluding carboxylic acids is 1. The Labute approximate surface area is 114 Å². The van der Waals surface area contributed by atoms with E-state index in [0.29, 0.717) is 5.56 Å². The van der Waals surface area contributed by atoms with Crippen LogP contribution < -0.4 is 0 Å². The molecule has 1 heterocycles. The SMILES string of the molecule is COC(=O)c1ccc(CC2SCCCS2=O)cc1. The number of thioether (sulfide) groups is 1. The summed E-state index contributed by atoms with van der Waals surface area (Å²) in [6.07, 6.45) is 1.85. The number of carbonyl (C=O) groups is 1. The number of ether oxygens (including phenoxy) is 1. The highest BCUT2D eigenvalue weighted by Crippen LogP contribution is 2.25. The van der Waals surface area contributed by atoms with E-state index in [1.165, 1.54) is 7.11 Å². The predicted molar refractivity (Wildman–Crippen MR) is 75.4 cm³/mol. The largest absolute Gasteiger partial charge is 0.465 e. The molecule has 0 N–H and O–H groups in total. The Bertz CT molecular complexity index is 442. The molecule has 1 aliphatic heterocycles. The molecule has 2 atom stereocenters. The van der Waals surface area contributed by atoms with Gasteiger partial charge in [-0.2, -0.15) is 0 Å². The fraction of sp³-hybridized carbons (Fsp3) is 0.462. The van der Waals surface area contributed by atoms with E-state index < -0.39 is 10.8 Å². The summed E-state index contributed by atoms with van der Waals surface area (Å²) >= 11 is 1.79. The first-order valence-corrected chi connectivity index (χ1v) is 8.30. The lowest BCUT2D eigenvalue weighted by molar-refractivity contribution is 0.0600. The summed E-state index contributed by atoms with van der Waals surface area (Å²) in [5, 5.41) is 0. The Kier molecular flexibility index (Phi) is 4.83.